The van der Waals surface area contributed by atoms with Gasteiger partial charge in [-0.1, -0.05) is 15.9 Å². The van der Waals surface area contributed by atoms with Crippen molar-refractivity contribution in [1.29, 1.82) is 0 Å². The van der Waals surface area contributed by atoms with Gasteiger partial charge in [0.25, 0.3) is 0 Å². The smallest absolute Gasteiger partial charge is 0.397 e. The molecule has 1 aromatic rings. The summed E-state index contributed by atoms with van der Waals surface area (Å²) in [6.07, 6.45) is 0. The fraction of sp³-hybridized carbons (Fsp3) is 0.333. The van der Waals surface area contributed by atoms with Crippen molar-refractivity contribution in [1.82, 2.24) is 0 Å². The maximum atomic E-state index is 11.5. The van der Waals surface area contributed by atoms with Crippen LogP contribution in [0.15, 0.2) is 28.7 Å². The molecule has 1 N–H and O–H groups in total. The van der Waals surface area contributed by atoms with Gasteiger partial charge in [-0.3, -0.25) is 4.79 Å². The summed E-state index contributed by atoms with van der Waals surface area (Å²) in [6.45, 7) is 5.12. The number of ether oxygens (including phenoxy) is 1. The van der Waals surface area contributed by atoms with Crippen molar-refractivity contribution in [2.45, 2.75) is 26.4 Å². The molecule has 0 spiro atoms. The number of halogens is 1. The zero-order valence-electron chi connectivity index (χ0n) is 9.91. The van der Waals surface area contributed by atoms with Crippen LogP contribution in [0.25, 0.3) is 0 Å². The number of hydrogen-bond donors (Lipinski definition) is 1. The van der Waals surface area contributed by atoms with E-state index < -0.39 is 17.5 Å². The Bertz CT molecular complexity index is 420. The van der Waals surface area contributed by atoms with E-state index in [4.69, 9.17) is 4.74 Å². The van der Waals surface area contributed by atoms with Crippen molar-refractivity contribution in [3.63, 3.8) is 0 Å². The molecule has 4 nitrogen and oxygen atoms in total. The lowest BCUT2D eigenvalue weighted by molar-refractivity contribution is -0.161. The number of nitrogens with one attached hydrogen (secondary N) is 1. The standard InChI is InChI=1S/C12H14BrNO3/c1-12(2,3)17-11(16)10(15)14-9-6-4-8(13)5-7-9/h4-7H,1-3H3,(H,14,15). The first-order valence-electron chi connectivity index (χ1n) is 5.08. The first-order chi connectivity index (χ1) is 7.78. The van der Waals surface area contributed by atoms with Gasteiger partial charge in [0.2, 0.25) is 0 Å². The highest BCUT2D eigenvalue weighted by molar-refractivity contribution is 9.10. The van der Waals surface area contributed by atoms with Crippen LogP contribution in [0.1, 0.15) is 20.8 Å². The summed E-state index contributed by atoms with van der Waals surface area (Å²) in [5, 5.41) is 2.46. The molecular formula is C12H14BrNO3. The highest BCUT2D eigenvalue weighted by atomic mass is 79.9. The van der Waals surface area contributed by atoms with Gasteiger partial charge in [-0.15, -0.1) is 0 Å². The van der Waals surface area contributed by atoms with E-state index in [0.717, 1.165) is 4.47 Å². The van der Waals surface area contributed by atoms with Crippen LogP contribution in [0.4, 0.5) is 5.69 Å². The minimum atomic E-state index is -0.889. The van der Waals surface area contributed by atoms with Gasteiger partial charge in [0, 0.05) is 10.2 Å². The number of carbonyl (C=O) groups excluding carboxylic acids is 2. The number of amides is 1. The Balaban J connectivity index is 2.60. The van der Waals surface area contributed by atoms with Crippen LogP contribution in [0, 0.1) is 0 Å². The molecule has 0 fully saturated rings. The molecule has 0 atom stereocenters. The van der Waals surface area contributed by atoms with Gasteiger partial charge in [0.15, 0.2) is 0 Å². The van der Waals surface area contributed by atoms with Crippen LogP contribution in [0.5, 0.6) is 0 Å². The molecule has 0 saturated heterocycles. The van der Waals surface area contributed by atoms with Crippen LogP contribution < -0.4 is 5.32 Å². The van der Waals surface area contributed by atoms with Gasteiger partial charge >= 0.3 is 11.9 Å². The fourth-order valence-corrected chi connectivity index (χ4v) is 1.30. The number of benzene rings is 1. The Hall–Kier alpha value is -1.36. The topological polar surface area (TPSA) is 55.4 Å². The van der Waals surface area contributed by atoms with E-state index in [1.54, 1.807) is 45.0 Å². The molecular weight excluding hydrogens is 286 g/mol. The summed E-state index contributed by atoms with van der Waals surface area (Å²) in [7, 11) is 0. The molecule has 0 aliphatic carbocycles. The van der Waals surface area contributed by atoms with Crippen LogP contribution in [-0.2, 0) is 14.3 Å². The molecule has 1 rings (SSSR count). The summed E-state index contributed by atoms with van der Waals surface area (Å²) in [4.78, 5) is 22.9. The molecule has 0 saturated carbocycles. The van der Waals surface area contributed by atoms with Crippen molar-refractivity contribution < 1.29 is 14.3 Å². The minimum Gasteiger partial charge on any atom is -0.453 e. The zero-order valence-corrected chi connectivity index (χ0v) is 11.5. The predicted molar refractivity (Wildman–Crippen MR) is 68.6 cm³/mol. The molecule has 0 aliphatic rings. The normalized spacial score (nSPS) is 10.8. The van der Waals surface area contributed by atoms with E-state index in [-0.39, 0.29) is 0 Å². The first-order valence-corrected chi connectivity index (χ1v) is 5.87. The summed E-state index contributed by atoms with van der Waals surface area (Å²) in [5.41, 5.74) is -0.127. The number of esters is 1. The van der Waals surface area contributed by atoms with Gasteiger partial charge in [-0.25, -0.2) is 4.79 Å². The summed E-state index contributed by atoms with van der Waals surface area (Å²) < 4.78 is 5.83. The second kappa shape index (κ2) is 5.31. The summed E-state index contributed by atoms with van der Waals surface area (Å²) in [6, 6.07) is 6.91. The molecule has 0 heterocycles. The molecule has 92 valence electrons. The highest BCUT2D eigenvalue weighted by Gasteiger charge is 2.22. The highest BCUT2D eigenvalue weighted by Crippen LogP contribution is 2.14. The molecule has 17 heavy (non-hydrogen) atoms. The Kier molecular flexibility index (Phi) is 4.28. The lowest BCUT2D eigenvalue weighted by Crippen LogP contribution is -2.32. The van der Waals surface area contributed by atoms with E-state index in [9.17, 15) is 9.59 Å². The van der Waals surface area contributed by atoms with Crippen molar-refractivity contribution in [2.75, 3.05) is 5.32 Å². The van der Waals surface area contributed by atoms with Crippen LogP contribution in [0.2, 0.25) is 0 Å². The third-order valence-corrected chi connectivity index (χ3v) is 2.22. The van der Waals surface area contributed by atoms with Gasteiger partial charge in [-0.2, -0.15) is 0 Å². The van der Waals surface area contributed by atoms with E-state index in [1.807, 2.05) is 0 Å². The maximum absolute atomic E-state index is 11.5. The van der Waals surface area contributed by atoms with Crippen LogP contribution >= 0.6 is 15.9 Å². The van der Waals surface area contributed by atoms with Gasteiger partial charge in [0.1, 0.15) is 5.60 Å². The average Bonchev–Trinajstić information content (AvgIpc) is 2.19. The quantitative estimate of drug-likeness (QED) is 0.641. The Morgan fingerprint density at radius 3 is 2.18 bits per heavy atom. The summed E-state index contributed by atoms with van der Waals surface area (Å²) in [5.74, 6) is -1.66. The average molecular weight is 300 g/mol. The molecule has 1 aromatic carbocycles. The molecule has 1 amide bonds. The van der Waals surface area contributed by atoms with Crippen molar-refractivity contribution >= 4 is 33.5 Å². The Labute approximate surface area is 108 Å². The monoisotopic (exact) mass is 299 g/mol. The molecule has 0 unspecified atom stereocenters. The number of carbonyl (C=O) groups is 2. The number of anilines is 1. The maximum Gasteiger partial charge on any atom is 0.397 e. The molecule has 0 radical (unpaired) electrons. The number of hydrogen-bond acceptors (Lipinski definition) is 3. The molecule has 5 heteroatoms. The van der Waals surface area contributed by atoms with Gasteiger partial charge in [0.05, 0.1) is 0 Å². The fourth-order valence-electron chi connectivity index (χ4n) is 1.04. The van der Waals surface area contributed by atoms with Crippen molar-refractivity contribution in [3.8, 4) is 0 Å². The third kappa shape index (κ3) is 4.99. The largest absolute Gasteiger partial charge is 0.453 e. The van der Waals surface area contributed by atoms with Crippen LogP contribution in [0.3, 0.4) is 0 Å². The summed E-state index contributed by atoms with van der Waals surface area (Å²) >= 11 is 3.28. The van der Waals surface area contributed by atoms with E-state index in [0.29, 0.717) is 5.69 Å². The SMILES string of the molecule is CC(C)(C)OC(=O)C(=O)Nc1ccc(Br)cc1. The lowest BCUT2D eigenvalue weighted by atomic mass is 10.2. The van der Waals surface area contributed by atoms with Gasteiger partial charge < -0.3 is 10.1 Å². The second-order valence-electron chi connectivity index (χ2n) is 4.46. The molecule has 0 aromatic heterocycles. The lowest BCUT2D eigenvalue weighted by Gasteiger charge is -2.18. The van der Waals surface area contributed by atoms with E-state index >= 15 is 0 Å². The van der Waals surface area contributed by atoms with Crippen molar-refractivity contribution in [2.24, 2.45) is 0 Å². The Morgan fingerprint density at radius 2 is 1.71 bits per heavy atom. The minimum absolute atomic E-state index is 0.545. The van der Waals surface area contributed by atoms with Crippen molar-refractivity contribution in [3.05, 3.63) is 28.7 Å². The zero-order chi connectivity index (χ0) is 13.1. The molecule has 0 bridgehead atoms. The third-order valence-electron chi connectivity index (χ3n) is 1.69. The Morgan fingerprint density at radius 1 is 1.18 bits per heavy atom. The second-order valence-corrected chi connectivity index (χ2v) is 5.38. The molecule has 0 aliphatic heterocycles. The van der Waals surface area contributed by atoms with E-state index in [1.165, 1.54) is 0 Å². The first kappa shape index (κ1) is 13.7. The number of rotatable bonds is 1. The van der Waals surface area contributed by atoms with Gasteiger partial charge in [-0.05, 0) is 45.0 Å². The van der Waals surface area contributed by atoms with Crippen LogP contribution in [-0.4, -0.2) is 17.5 Å². The van der Waals surface area contributed by atoms with E-state index in [2.05, 4.69) is 21.2 Å². The predicted octanol–water partition coefficient (Wildman–Crippen LogP) is 2.73.